The maximum absolute atomic E-state index is 15.2. The minimum Gasteiger partial charge on any atom is -0.491 e. The summed E-state index contributed by atoms with van der Waals surface area (Å²) in [6, 6.07) is 8.04. The Bertz CT molecular complexity index is 1560. The molecule has 0 amide bonds. The summed E-state index contributed by atoms with van der Waals surface area (Å²) in [5.41, 5.74) is 0.287. The van der Waals surface area contributed by atoms with Crippen LogP contribution in [0, 0.1) is 47.7 Å². The molecule has 43 heavy (non-hydrogen) atoms. The molecule has 9 heteroatoms. The van der Waals surface area contributed by atoms with Crippen LogP contribution in [-0.4, -0.2) is 18.7 Å². The predicted octanol–water partition coefficient (Wildman–Crippen LogP) is 9.35. The Morgan fingerprint density at radius 1 is 0.744 bits per heavy atom. The topological polar surface area (TPSA) is 35.5 Å². The fourth-order valence-electron chi connectivity index (χ4n) is 6.03. The lowest BCUT2D eigenvalue weighted by Crippen LogP contribution is -2.28. The van der Waals surface area contributed by atoms with E-state index in [1.165, 1.54) is 25.1 Å². The molecule has 0 N–H and O–H groups in total. The van der Waals surface area contributed by atoms with Crippen molar-refractivity contribution in [1.82, 2.24) is 0 Å². The van der Waals surface area contributed by atoms with Gasteiger partial charge in [0.2, 0.25) is 5.82 Å². The first-order valence-corrected chi connectivity index (χ1v) is 14.5. The third-order valence-electron chi connectivity index (χ3n) is 8.51. The standard InChI is InChI=1S/C34H32F6O3/c1-3-42-27-17-16-26(32(39)33(27)40)25-15-14-24(30(37)31(25)38)19-5-7-21(8-6-19)34(41)43-22-11-9-20(10-12-22)23-13-4-18(2)28(35)29(23)36/h4-5,13-17,20-22H,3,6-12H2,1-2H3. The van der Waals surface area contributed by atoms with Gasteiger partial charge in [-0.2, -0.15) is 4.39 Å². The van der Waals surface area contributed by atoms with E-state index in [1.807, 2.05) is 0 Å². The van der Waals surface area contributed by atoms with E-state index in [4.69, 9.17) is 9.47 Å². The Morgan fingerprint density at radius 2 is 1.37 bits per heavy atom. The van der Waals surface area contributed by atoms with Gasteiger partial charge in [0.1, 0.15) is 6.10 Å². The molecule has 3 nitrogen and oxygen atoms in total. The molecule has 1 unspecified atom stereocenters. The number of benzene rings is 3. The average Bonchev–Trinajstić information content (AvgIpc) is 3.01. The summed E-state index contributed by atoms with van der Waals surface area (Å²) >= 11 is 0. The molecule has 0 saturated heterocycles. The highest BCUT2D eigenvalue weighted by Crippen LogP contribution is 2.39. The van der Waals surface area contributed by atoms with Crippen LogP contribution in [0.1, 0.15) is 74.5 Å². The van der Waals surface area contributed by atoms with Gasteiger partial charge in [0.25, 0.3) is 0 Å². The largest absolute Gasteiger partial charge is 0.491 e. The second-order valence-electron chi connectivity index (χ2n) is 11.2. The van der Waals surface area contributed by atoms with Crippen LogP contribution in [-0.2, 0) is 9.53 Å². The summed E-state index contributed by atoms with van der Waals surface area (Å²) in [6.45, 7) is 3.24. The Labute approximate surface area is 246 Å². The molecule has 5 rings (SSSR count). The summed E-state index contributed by atoms with van der Waals surface area (Å²) in [6.07, 6.45) is 4.51. The zero-order valence-corrected chi connectivity index (χ0v) is 23.9. The first-order chi connectivity index (χ1) is 20.6. The predicted molar refractivity (Wildman–Crippen MR) is 150 cm³/mol. The van der Waals surface area contributed by atoms with Crippen LogP contribution in [0.2, 0.25) is 0 Å². The summed E-state index contributed by atoms with van der Waals surface area (Å²) in [5, 5.41) is 0. The molecule has 0 bridgehead atoms. The van der Waals surface area contributed by atoms with Crippen molar-refractivity contribution in [2.24, 2.45) is 5.92 Å². The average molecular weight is 603 g/mol. The molecule has 0 aromatic heterocycles. The highest BCUT2D eigenvalue weighted by atomic mass is 19.2. The van der Waals surface area contributed by atoms with Crippen molar-refractivity contribution >= 4 is 11.5 Å². The van der Waals surface area contributed by atoms with Gasteiger partial charge in [-0.3, -0.25) is 4.79 Å². The molecule has 1 saturated carbocycles. The van der Waals surface area contributed by atoms with Gasteiger partial charge in [-0.25, -0.2) is 22.0 Å². The molecular formula is C34H32F6O3. The highest BCUT2D eigenvalue weighted by molar-refractivity contribution is 5.77. The lowest BCUT2D eigenvalue weighted by atomic mass is 9.82. The van der Waals surface area contributed by atoms with Gasteiger partial charge in [-0.15, -0.1) is 0 Å². The first kappa shape index (κ1) is 30.7. The number of rotatable bonds is 7. The van der Waals surface area contributed by atoms with Crippen LogP contribution >= 0.6 is 0 Å². The number of hydrogen-bond acceptors (Lipinski definition) is 3. The van der Waals surface area contributed by atoms with Crippen molar-refractivity contribution in [2.75, 3.05) is 6.61 Å². The Morgan fingerprint density at radius 3 is 2.02 bits per heavy atom. The van der Waals surface area contributed by atoms with E-state index in [0.717, 1.165) is 6.07 Å². The van der Waals surface area contributed by atoms with Crippen LogP contribution in [0.25, 0.3) is 16.7 Å². The Hall–Kier alpha value is -3.75. The first-order valence-electron chi connectivity index (χ1n) is 14.5. The number of carbonyl (C=O) groups excluding carboxylic acids is 1. The van der Waals surface area contributed by atoms with Crippen molar-refractivity contribution in [2.45, 2.75) is 70.8 Å². The maximum atomic E-state index is 15.2. The number of carbonyl (C=O) groups is 1. The molecule has 1 atom stereocenters. The van der Waals surface area contributed by atoms with Gasteiger partial charge in [-0.05, 0) is 93.5 Å². The summed E-state index contributed by atoms with van der Waals surface area (Å²) in [5.74, 6) is -8.01. The number of aryl methyl sites for hydroxylation is 1. The molecule has 3 aromatic rings. The number of allylic oxidation sites excluding steroid dienone is 2. The zero-order valence-electron chi connectivity index (χ0n) is 23.9. The van der Waals surface area contributed by atoms with E-state index in [9.17, 15) is 22.4 Å². The van der Waals surface area contributed by atoms with Crippen LogP contribution in [0.3, 0.4) is 0 Å². The molecule has 228 valence electrons. The normalized spacial score (nSPS) is 20.5. The Balaban J connectivity index is 1.20. The van der Waals surface area contributed by atoms with E-state index in [-0.39, 0.29) is 47.9 Å². The van der Waals surface area contributed by atoms with Gasteiger partial charge in [0, 0.05) is 16.7 Å². The van der Waals surface area contributed by atoms with E-state index in [1.54, 1.807) is 25.1 Å². The second-order valence-corrected chi connectivity index (χ2v) is 11.2. The van der Waals surface area contributed by atoms with Crippen molar-refractivity contribution in [3.05, 3.63) is 94.1 Å². The third kappa shape index (κ3) is 6.17. The quantitative estimate of drug-likeness (QED) is 0.200. The number of halogens is 6. The zero-order chi connectivity index (χ0) is 30.8. The number of ether oxygens (including phenoxy) is 2. The fourth-order valence-corrected chi connectivity index (χ4v) is 6.03. The van der Waals surface area contributed by atoms with E-state index >= 15 is 8.78 Å². The van der Waals surface area contributed by atoms with Gasteiger partial charge in [0.15, 0.2) is 34.8 Å². The molecule has 1 fully saturated rings. The van der Waals surface area contributed by atoms with E-state index in [0.29, 0.717) is 49.7 Å². The van der Waals surface area contributed by atoms with Gasteiger partial charge in [0.05, 0.1) is 12.5 Å². The molecule has 0 heterocycles. The molecular weight excluding hydrogens is 570 g/mol. The molecule has 3 aromatic carbocycles. The molecule has 0 aliphatic heterocycles. The molecule has 2 aliphatic rings. The van der Waals surface area contributed by atoms with Crippen molar-refractivity contribution in [3.8, 4) is 16.9 Å². The van der Waals surface area contributed by atoms with E-state index in [2.05, 4.69) is 0 Å². The smallest absolute Gasteiger partial charge is 0.309 e. The molecule has 0 spiro atoms. The number of hydrogen-bond donors (Lipinski definition) is 0. The minimum atomic E-state index is -1.33. The summed E-state index contributed by atoms with van der Waals surface area (Å²) < 4.78 is 98.4. The van der Waals surface area contributed by atoms with Crippen LogP contribution in [0.4, 0.5) is 26.3 Å². The lowest BCUT2D eigenvalue weighted by molar-refractivity contribution is -0.156. The van der Waals surface area contributed by atoms with Crippen LogP contribution in [0.5, 0.6) is 5.75 Å². The van der Waals surface area contributed by atoms with Crippen molar-refractivity contribution in [3.63, 3.8) is 0 Å². The van der Waals surface area contributed by atoms with Gasteiger partial charge < -0.3 is 9.47 Å². The second kappa shape index (κ2) is 12.9. The maximum Gasteiger partial charge on any atom is 0.309 e. The van der Waals surface area contributed by atoms with Crippen molar-refractivity contribution in [1.29, 1.82) is 0 Å². The van der Waals surface area contributed by atoms with E-state index < -0.39 is 51.9 Å². The monoisotopic (exact) mass is 602 g/mol. The fraction of sp³-hybridized carbons (Fsp3) is 0.382. The third-order valence-corrected chi connectivity index (χ3v) is 8.51. The SMILES string of the molecule is CCOc1ccc(-c2ccc(C3=CCC(C(=O)OC4CCC(c5ccc(C)c(F)c5F)CC4)CC3)c(F)c2F)c(F)c1F. The van der Waals surface area contributed by atoms with Crippen LogP contribution < -0.4 is 4.74 Å². The Kier molecular flexibility index (Phi) is 9.18. The number of esters is 1. The van der Waals surface area contributed by atoms with Gasteiger partial charge >= 0.3 is 5.97 Å². The summed E-state index contributed by atoms with van der Waals surface area (Å²) in [7, 11) is 0. The summed E-state index contributed by atoms with van der Waals surface area (Å²) in [4.78, 5) is 12.9. The lowest BCUT2D eigenvalue weighted by Gasteiger charge is -2.30. The van der Waals surface area contributed by atoms with Crippen molar-refractivity contribution < 1.29 is 40.6 Å². The molecule has 2 aliphatic carbocycles. The van der Waals surface area contributed by atoms with Gasteiger partial charge in [-0.1, -0.05) is 30.3 Å². The molecule has 0 radical (unpaired) electrons. The van der Waals surface area contributed by atoms with Crippen LogP contribution in [0.15, 0.2) is 42.5 Å². The minimum absolute atomic E-state index is 0.00187. The highest BCUT2D eigenvalue weighted by Gasteiger charge is 2.31.